The summed E-state index contributed by atoms with van der Waals surface area (Å²) in [6.07, 6.45) is 2.64. The predicted octanol–water partition coefficient (Wildman–Crippen LogP) is 5.36. The second-order valence-corrected chi connectivity index (χ2v) is 10.8. The Morgan fingerprint density at radius 1 is 1.00 bits per heavy atom. The summed E-state index contributed by atoms with van der Waals surface area (Å²) < 4.78 is 42.9. The lowest BCUT2D eigenvalue weighted by Crippen LogP contribution is -2.41. The summed E-state index contributed by atoms with van der Waals surface area (Å²) in [7, 11) is 1.75. The molecular formula is C34H43FN2O5. The highest BCUT2D eigenvalue weighted by molar-refractivity contribution is 5.61. The van der Waals surface area contributed by atoms with E-state index in [-0.39, 0.29) is 11.9 Å². The number of rotatable bonds is 15. The molecule has 0 bridgehead atoms. The van der Waals surface area contributed by atoms with E-state index in [1.165, 1.54) is 11.6 Å². The fourth-order valence-corrected chi connectivity index (χ4v) is 5.64. The summed E-state index contributed by atoms with van der Waals surface area (Å²) in [6, 6.07) is 21.5. The molecule has 7 nitrogen and oxygen atoms in total. The van der Waals surface area contributed by atoms with Crippen LogP contribution < -0.4 is 19.7 Å². The summed E-state index contributed by atoms with van der Waals surface area (Å²) in [5.41, 5.74) is 4.23. The van der Waals surface area contributed by atoms with E-state index in [1.807, 2.05) is 18.2 Å². The van der Waals surface area contributed by atoms with Gasteiger partial charge in [-0.1, -0.05) is 36.4 Å². The summed E-state index contributed by atoms with van der Waals surface area (Å²) in [6.45, 7) is 7.02. The van der Waals surface area contributed by atoms with Crippen LogP contribution in [0.3, 0.4) is 0 Å². The Kier molecular flexibility index (Phi) is 11.5. The molecule has 1 fully saturated rings. The molecule has 2 heterocycles. The zero-order valence-electron chi connectivity index (χ0n) is 24.6. The number of nitrogens with zero attached hydrogens (tertiary/aromatic N) is 1. The van der Waals surface area contributed by atoms with Crippen molar-refractivity contribution in [3.8, 4) is 11.5 Å². The SMILES string of the molecule is COCCCN1CCOc2ccc(COC3CNCCC3c3ccc(OCCOCCc4ccccc4F)cc3)cc21. The largest absolute Gasteiger partial charge is 0.491 e. The molecule has 3 aromatic carbocycles. The highest BCUT2D eigenvalue weighted by atomic mass is 19.1. The molecule has 0 aliphatic carbocycles. The van der Waals surface area contributed by atoms with E-state index in [0.29, 0.717) is 50.9 Å². The lowest BCUT2D eigenvalue weighted by atomic mass is 9.87. The quantitative estimate of drug-likeness (QED) is 0.244. The van der Waals surface area contributed by atoms with Gasteiger partial charge in [-0.15, -0.1) is 0 Å². The molecule has 0 aromatic heterocycles. The van der Waals surface area contributed by atoms with Crippen LogP contribution in [0.2, 0.25) is 0 Å². The van der Waals surface area contributed by atoms with Crippen molar-refractivity contribution in [1.82, 2.24) is 5.32 Å². The number of piperidine rings is 1. The van der Waals surface area contributed by atoms with Crippen molar-refractivity contribution in [1.29, 1.82) is 0 Å². The first-order chi connectivity index (χ1) is 20.7. The molecule has 0 saturated carbocycles. The van der Waals surface area contributed by atoms with Crippen LogP contribution in [0, 0.1) is 5.82 Å². The number of ether oxygens (including phenoxy) is 5. The number of hydrogen-bond donors (Lipinski definition) is 1. The minimum Gasteiger partial charge on any atom is -0.491 e. The van der Waals surface area contributed by atoms with Gasteiger partial charge in [-0.3, -0.25) is 0 Å². The lowest BCUT2D eigenvalue weighted by Gasteiger charge is -2.33. The lowest BCUT2D eigenvalue weighted by molar-refractivity contribution is 0.0106. The number of methoxy groups -OCH3 is 1. The number of nitrogens with one attached hydrogen (secondary N) is 1. The Morgan fingerprint density at radius 3 is 2.74 bits per heavy atom. The molecule has 0 amide bonds. The highest BCUT2D eigenvalue weighted by Crippen LogP contribution is 2.34. The molecule has 3 aromatic rings. The van der Waals surface area contributed by atoms with E-state index >= 15 is 0 Å². The van der Waals surface area contributed by atoms with Crippen LogP contribution in [0.25, 0.3) is 0 Å². The van der Waals surface area contributed by atoms with Gasteiger partial charge in [-0.2, -0.15) is 0 Å². The van der Waals surface area contributed by atoms with Crippen molar-refractivity contribution < 1.29 is 28.1 Å². The fourth-order valence-electron chi connectivity index (χ4n) is 5.64. The molecule has 42 heavy (non-hydrogen) atoms. The number of fused-ring (bicyclic) bond motifs is 1. The molecule has 2 aliphatic heterocycles. The monoisotopic (exact) mass is 578 g/mol. The average Bonchev–Trinajstić information content (AvgIpc) is 3.03. The second kappa shape index (κ2) is 15.9. The van der Waals surface area contributed by atoms with Crippen molar-refractivity contribution in [3.63, 3.8) is 0 Å². The van der Waals surface area contributed by atoms with E-state index in [0.717, 1.165) is 68.4 Å². The van der Waals surface area contributed by atoms with Gasteiger partial charge in [0.15, 0.2) is 0 Å². The molecule has 2 aliphatic rings. The molecule has 1 N–H and O–H groups in total. The van der Waals surface area contributed by atoms with E-state index in [4.69, 9.17) is 23.7 Å². The molecule has 0 spiro atoms. The zero-order valence-corrected chi connectivity index (χ0v) is 24.6. The van der Waals surface area contributed by atoms with E-state index in [1.54, 1.807) is 19.2 Å². The van der Waals surface area contributed by atoms with Gasteiger partial charge in [0.1, 0.15) is 30.5 Å². The Balaban J connectivity index is 1.09. The Morgan fingerprint density at radius 2 is 1.88 bits per heavy atom. The third-order valence-electron chi connectivity index (χ3n) is 7.93. The van der Waals surface area contributed by atoms with Crippen molar-refractivity contribution in [2.45, 2.75) is 37.9 Å². The highest BCUT2D eigenvalue weighted by Gasteiger charge is 2.27. The standard InChI is InChI=1S/C34H43FN2O5/c1-38-18-4-16-37-17-20-41-33-12-7-26(23-32(33)37)25-42-34-24-36-15-13-30(34)27-8-10-29(11-9-27)40-22-21-39-19-14-28-5-2-3-6-31(28)35/h2-3,5-12,23,30,34,36H,4,13-22,24-25H2,1H3. The first kappa shape index (κ1) is 30.3. The Bertz CT molecular complexity index is 1240. The first-order valence-electron chi connectivity index (χ1n) is 15.1. The van der Waals surface area contributed by atoms with Crippen molar-refractivity contribution >= 4 is 5.69 Å². The molecular weight excluding hydrogens is 535 g/mol. The molecule has 0 radical (unpaired) electrons. The third-order valence-corrected chi connectivity index (χ3v) is 7.93. The third kappa shape index (κ3) is 8.44. The topological polar surface area (TPSA) is 61.4 Å². The average molecular weight is 579 g/mol. The van der Waals surface area contributed by atoms with Crippen LogP contribution in [0.5, 0.6) is 11.5 Å². The Hall–Kier alpha value is -3.17. The molecule has 226 valence electrons. The molecule has 2 unspecified atom stereocenters. The van der Waals surface area contributed by atoms with Crippen LogP contribution in [-0.4, -0.2) is 72.4 Å². The number of hydrogen-bond acceptors (Lipinski definition) is 7. The van der Waals surface area contributed by atoms with Gasteiger partial charge in [-0.05, 0) is 72.8 Å². The molecule has 5 rings (SSSR count). The maximum absolute atomic E-state index is 13.7. The van der Waals surface area contributed by atoms with Crippen LogP contribution in [0.1, 0.15) is 35.4 Å². The fraction of sp³-hybridized carbons (Fsp3) is 0.471. The van der Waals surface area contributed by atoms with Crippen LogP contribution in [0.4, 0.5) is 10.1 Å². The van der Waals surface area contributed by atoms with Gasteiger partial charge in [0.05, 0.1) is 38.2 Å². The first-order valence-corrected chi connectivity index (χ1v) is 15.1. The second-order valence-electron chi connectivity index (χ2n) is 10.8. The number of benzene rings is 3. The normalized spacial score (nSPS) is 18.4. The van der Waals surface area contributed by atoms with Crippen molar-refractivity contribution in [3.05, 3.63) is 89.2 Å². The molecule has 1 saturated heterocycles. The molecule has 2 atom stereocenters. The van der Waals surface area contributed by atoms with Crippen LogP contribution >= 0.6 is 0 Å². The van der Waals surface area contributed by atoms with Gasteiger partial charge in [0.2, 0.25) is 0 Å². The van der Waals surface area contributed by atoms with Crippen LogP contribution in [0.15, 0.2) is 66.7 Å². The van der Waals surface area contributed by atoms with E-state index in [2.05, 4.69) is 40.5 Å². The minimum absolute atomic E-state index is 0.0819. The van der Waals surface area contributed by atoms with Crippen molar-refractivity contribution in [2.75, 3.05) is 71.2 Å². The molecule has 8 heteroatoms. The minimum atomic E-state index is -0.187. The maximum Gasteiger partial charge on any atom is 0.142 e. The summed E-state index contributed by atoms with van der Waals surface area (Å²) in [4.78, 5) is 2.38. The summed E-state index contributed by atoms with van der Waals surface area (Å²) in [5, 5.41) is 3.50. The van der Waals surface area contributed by atoms with Gasteiger partial charge in [0.25, 0.3) is 0 Å². The van der Waals surface area contributed by atoms with Crippen LogP contribution in [-0.2, 0) is 27.2 Å². The van der Waals surface area contributed by atoms with Gasteiger partial charge in [0, 0.05) is 32.7 Å². The summed E-state index contributed by atoms with van der Waals surface area (Å²) >= 11 is 0. The maximum atomic E-state index is 13.7. The van der Waals surface area contributed by atoms with E-state index in [9.17, 15) is 4.39 Å². The predicted molar refractivity (Wildman–Crippen MR) is 162 cm³/mol. The van der Waals surface area contributed by atoms with Gasteiger partial charge in [-0.25, -0.2) is 4.39 Å². The number of halogens is 1. The van der Waals surface area contributed by atoms with Gasteiger partial charge < -0.3 is 33.9 Å². The van der Waals surface area contributed by atoms with Crippen molar-refractivity contribution in [2.24, 2.45) is 0 Å². The van der Waals surface area contributed by atoms with E-state index < -0.39 is 0 Å². The van der Waals surface area contributed by atoms with Gasteiger partial charge >= 0.3 is 0 Å². The Labute approximate surface area is 248 Å². The number of anilines is 1. The summed E-state index contributed by atoms with van der Waals surface area (Å²) in [5.74, 6) is 1.88. The zero-order chi connectivity index (χ0) is 29.0. The smallest absolute Gasteiger partial charge is 0.142 e.